The van der Waals surface area contributed by atoms with Gasteiger partial charge in [-0.25, -0.2) is 8.78 Å². The summed E-state index contributed by atoms with van der Waals surface area (Å²) in [7, 11) is 0.832. The largest absolute Gasteiger partial charge is 0.436 e. The van der Waals surface area contributed by atoms with E-state index in [0.29, 0.717) is 4.47 Å². The van der Waals surface area contributed by atoms with Crippen molar-refractivity contribution < 1.29 is 27.1 Å². The molecule has 1 amide bonds. The maximum atomic E-state index is 14.7. The number of amides is 1. The van der Waals surface area contributed by atoms with E-state index in [-0.39, 0.29) is 4.90 Å². The van der Waals surface area contributed by atoms with Crippen molar-refractivity contribution >= 4 is 21.8 Å². The molecule has 1 heterocycles. The van der Waals surface area contributed by atoms with Gasteiger partial charge in [0, 0.05) is 17.1 Å². The van der Waals surface area contributed by atoms with Crippen molar-refractivity contribution in [1.82, 2.24) is 4.90 Å². The van der Waals surface area contributed by atoms with Gasteiger partial charge in [-0.2, -0.15) is 8.78 Å². The molecule has 1 atom stereocenters. The third kappa shape index (κ3) is 2.23. The van der Waals surface area contributed by atoms with Crippen molar-refractivity contribution in [2.75, 3.05) is 13.7 Å². The minimum Gasteiger partial charge on any atom is -0.307 e. The Bertz CT molecular complexity index is 539. The number of hydrogen-bond acceptors (Lipinski definition) is 2. The fraction of sp³-hybridized carbons (Fsp3) is 0.364. The second-order valence-electron chi connectivity index (χ2n) is 4.05. The molecule has 1 aromatic carbocycles. The van der Waals surface area contributed by atoms with Crippen molar-refractivity contribution in [3.63, 3.8) is 0 Å². The number of alkyl halides is 3. The van der Waals surface area contributed by atoms with E-state index in [1.54, 1.807) is 0 Å². The number of rotatable bonds is 1. The fourth-order valence-corrected chi connectivity index (χ4v) is 2.11. The zero-order valence-electron chi connectivity index (χ0n) is 9.59. The number of morpholine rings is 1. The standard InChI is InChI=1S/C11H8BrF4NO2/c1-17-9(18)11(15,16)19-5-10(17,14)7-4-6(12)2-3-8(7)13/h2-4H,5H2,1H3/t10-/m1/s1. The van der Waals surface area contributed by atoms with Gasteiger partial charge in [0.2, 0.25) is 5.79 Å². The van der Waals surface area contributed by atoms with Crippen LogP contribution in [0, 0.1) is 5.82 Å². The van der Waals surface area contributed by atoms with E-state index < -0.39 is 35.8 Å². The molecule has 2 rings (SSSR count). The number of ether oxygens (including phenoxy) is 1. The van der Waals surface area contributed by atoms with Crippen LogP contribution in [0.25, 0.3) is 0 Å². The van der Waals surface area contributed by atoms with Crippen LogP contribution in [-0.2, 0) is 15.3 Å². The lowest BCUT2D eigenvalue weighted by Crippen LogP contribution is -2.59. The number of hydrogen-bond donors (Lipinski definition) is 0. The SMILES string of the molecule is CN1C(=O)C(F)(F)OC[C@]1(F)c1cc(Br)ccc1F. The van der Waals surface area contributed by atoms with E-state index in [1.165, 1.54) is 6.07 Å². The lowest BCUT2D eigenvalue weighted by Gasteiger charge is -2.41. The molecule has 0 N–H and O–H groups in total. The Kier molecular flexibility index (Phi) is 3.34. The zero-order valence-corrected chi connectivity index (χ0v) is 11.2. The Morgan fingerprint density at radius 1 is 1.37 bits per heavy atom. The summed E-state index contributed by atoms with van der Waals surface area (Å²) in [6.45, 7) is -1.16. The summed E-state index contributed by atoms with van der Waals surface area (Å²) in [5.41, 5.74) is -0.548. The third-order valence-corrected chi connectivity index (χ3v) is 3.36. The minimum absolute atomic E-state index is 0.154. The molecule has 1 aromatic rings. The number of halogens is 5. The zero-order chi connectivity index (χ0) is 14.4. The summed E-state index contributed by atoms with van der Waals surface area (Å²) >= 11 is 3.02. The van der Waals surface area contributed by atoms with Crippen LogP contribution in [0.1, 0.15) is 5.56 Å². The quantitative estimate of drug-likeness (QED) is 0.580. The minimum atomic E-state index is -4.10. The van der Waals surface area contributed by atoms with E-state index in [1.807, 2.05) is 0 Å². The van der Waals surface area contributed by atoms with Crippen LogP contribution in [0.3, 0.4) is 0 Å². The van der Waals surface area contributed by atoms with Crippen molar-refractivity contribution in [1.29, 1.82) is 0 Å². The number of benzene rings is 1. The normalized spacial score (nSPS) is 26.6. The first-order valence-electron chi connectivity index (χ1n) is 5.13. The molecule has 0 unspecified atom stereocenters. The predicted octanol–water partition coefficient (Wildman–Crippen LogP) is 2.79. The summed E-state index contributed by atoms with van der Waals surface area (Å²) < 4.78 is 58.7. The Morgan fingerprint density at radius 3 is 2.63 bits per heavy atom. The molecular formula is C11H8BrF4NO2. The van der Waals surface area contributed by atoms with Gasteiger partial charge < -0.3 is 4.74 Å². The molecule has 0 spiro atoms. The number of likely N-dealkylation sites (N-methyl/N-ethyl adjacent to an activating group) is 1. The van der Waals surface area contributed by atoms with Crippen LogP contribution in [0.2, 0.25) is 0 Å². The van der Waals surface area contributed by atoms with Crippen LogP contribution in [0.5, 0.6) is 0 Å². The summed E-state index contributed by atoms with van der Waals surface area (Å²) in [6, 6.07) is 3.36. The molecule has 0 bridgehead atoms. The molecule has 1 saturated heterocycles. The number of nitrogens with zero attached hydrogens (tertiary/aromatic N) is 1. The van der Waals surface area contributed by atoms with Gasteiger partial charge in [0.1, 0.15) is 12.4 Å². The first kappa shape index (κ1) is 14.3. The Morgan fingerprint density at radius 2 is 2.00 bits per heavy atom. The monoisotopic (exact) mass is 341 g/mol. The van der Waals surface area contributed by atoms with Crippen LogP contribution >= 0.6 is 15.9 Å². The summed E-state index contributed by atoms with van der Waals surface area (Å²) in [5.74, 6) is -5.60. The topological polar surface area (TPSA) is 29.5 Å². The average Bonchev–Trinajstić information content (AvgIpc) is 2.35. The predicted molar refractivity (Wildman–Crippen MR) is 60.6 cm³/mol. The highest BCUT2D eigenvalue weighted by Gasteiger charge is 2.57. The molecule has 1 fully saturated rings. The third-order valence-electron chi connectivity index (χ3n) is 2.87. The molecule has 0 aliphatic carbocycles. The highest BCUT2D eigenvalue weighted by atomic mass is 79.9. The van der Waals surface area contributed by atoms with Crippen LogP contribution in [-0.4, -0.2) is 30.6 Å². The molecule has 1 aliphatic rings. The van der Waals surface area contributed by atoms with Crippen LogP contribution in [0.15, 0.2) is 22.7 Å². The second-order valence-corrected chi connectivity index (χ2v) is 4.97. The van der Waals surface area contributed by atoms with Crippen molar-refractivity contribution in [2.45, 2.75) is 11.9 Å². The first-order chi connectivity index (χ1) is 8.68. The smallest absolute Gasteiger partial charge is 0.307 e. The van der Waals surface area contributed by atoms with Gasteiger partial charge in [-0.1, -0.05) is 15.9 Å². The Balaban J connectivity index is 2.49. The summed E-state index contributed by atoms with van der Waals surface area (Å²) in [4.78, 5) is 11.5. The van der Waals surface area contributed by atoms with Gasteiger partial charge >= 0.3 is 12.0 Å². The first-order valence-corrected chi connectivity index (χ1v) is 5.92. The van der Waals surface area contributed by atoms with E-state index >= 15 is 0 Å². The van der Waals surface area contributed by atoms with E-state index in [2.05, 4.69) is 20.7 Å². The van der Waals surface area contributed by atoms with Gasteiger partial charge in [-0.3, -0.25) is 9.69 Å². The highest BCUT2D eigenvalue weighted by molar-refractivity contribution is 9.10. The van der Waals surface area contributed by atoms with E-state index in [9.17, 15) is 22.4 Å². The van der Waals surface area contributed by atoms with E-state index in [0.717, 1.165) is 19.2 Å². The Labute approximate surface area is 114 Å². The van der Waals surface area contributed by atoms with Crippen LogP contribution < -0.4 is 0 Å². The summed E-state index contributed by atoms with van der Waals surface area (Å²) in [5, 5.41) is 0. The molecule has 8 heteroatoms. The number of carbonyl (C=O) groups is 1. The van der Waals surface area contributed by atoms with Gasteiger partial charge in [-0.05, 0) is 18.2 Å². The molecular weight excluding hydrogens is 334 g/mol. The fourth-order valence-electron chi connectivity index (χ4n) is 1.75. The van der Waals surface area contributed by atoms with Gasteiger partial charge in [0.15, 0.2) is 0 Å². The van der Waals surface area contributed by atoms with E-state index in [4.69, 9.17) is 0 Å². The van der Waals surface area contributed by atoms with Gasteiger partial charge in [0.25, 0.3) is 0 Å². The highest BCUT2D eigenvalue weighted by Crippen LogP contribution is 2.40. The molecule has 0 radical (unpaired) electrons. The molecule has 19 heavy (non-hydrogen) atoms. The van der Waals surface area contributed by atoms with Crippen molar-refractivity contribution in [3.05, 3.63) is 34.1 Å². The van der Waals surface area contributed by atoms with Crippen molar-refractivity contribution in [2.24, 2.45) is 0 Å². The summed E-state index contributed by atoms with van der Waals surface area (Å²) in [6.07, 6.45) is -4.10. The van der Waals surface area contributed by atoms with Gasteiger partial charge in [0.05, 0.1) is 0 Å². The van der Waals surface area contributed by atoms with Gasteiger partial charge in [-0.15, -0.1) is 0 Å². The molecule has 1 aliphatic heterocycles. The molecule has 104 valence electrons. The lowest BCUT2D eigenvalue weighted by molar-refractivity contribution is -0.293. The molecule has 3 nitrogen and oxygen atoms in total. The maximum absolute atomic E-state index is 14.7. The lowest BCUT2D eigenvalue weighted by atomic mass is 10.0. The average molecular weight is 342 g/mol. The maximum Gasteiger partial charge on any atom is 0.436 e. The Hall–Kier alpha value is -1.15. The molecule has 0 aromatic heterocycles. The second kappa shape index (κ2) is 4.45. The number of carbonyl (C=O) groups excluding carboxylic acids is 1. The molecule has 0 saturated carbocycles. The van der Waals surface area contributed by atoms with Crippen molar-refractivity contribution in [3.8, 4) is 0 Å². The van der Waals surface area contributed by atoms with Crippen LogP contribution in [0.4, 0.5) is 17.6 Å².